The van der Waals surface area contributed by atoms with E-state index in [4.69, 9.17) is 10.8 Å². The summed E-state index contributed by atoms with van der Waals surface area (Å²) in [6.07, 6.45) is 2.67. The van der Waals surface area contributed by atoms with Crippen LogP contribution in [0.3, 0.4) is 0 Å². The molecule has 9 nitrogen and oxygen atoms in total. The molecule has 188 valence electrons. The van der Waals surface area contributed by atoms with Gasteiger partial charge in [0.2, 0.25) is 17.7 Å². The molecule has 2 aromatic carbocycles. The highest BCUT2D eigenvalue weighted by Gasteiger charge is 2.28. The zero-order chi connectivity index (χ0) is 25.6. The van der Waals surface area contributed by atoms with Crippen molar-refractivity contribution >= 4 is 35.5 Å². The number of carboxylic acids is 1. The van der Waals surface area contributed by atoms with Gasteiger partial charge in [0.1, 0.15) is 18.6 Å². The maximum atomic E-state index is 13.2. The van der Waals surface area contributed by atoms with Gasteiger partial charge >= 0.3 is 5.97 Å². The second-order valence-electron chi connectivity index (χ2n) is 8.00. The van der Waals surface area contributed by atoms with Gasteiger partial charge in [-0.3, -0.25) is 19.2 Å². The van der Waals surface area contributed by atoms with Crippen molar-refractivity contribution < 1.29 is 24.3 Å². The highest BCUT2D eigenvalue weighted by atomic mass is 32.2. The first-order valence-electron chi connectivity index (χ1n) is 11.2. The third kappa shape index (κ3) is 10.2. The highest BCUT2D eigenvalue weighted by molar-refractivity contribution is 7.98. The van der Waals surface area contributed by atoms with Crippen molar-refractivity contribution in [2.45, 2.75) is 37.4 Å². The molecule has 0 bridgehead atoms. The molecule has 10 heteroatoms. The van der Waals surface area contributed by atoms with Gasteiger partial charge in [-0.2, -0.15) is 11.8 Å². The van der Waals surface area contributed by atoms with Crippen molar-refractivity contribution in [3.8, 4) is 0 Å². The van der Waals surface area contributed by atoms with Crippen molar-refractivity contribution in [2.75, 3.05) is 18.6 Å². The fourth-order valence-electron chi connectivity index (χ4n) is 3.36. The maximum absolute atomic E-state index is 13.2. The molecule has 0 saturated heterocycles. The Labute approximate surface area is 209 Å². The highest BCUT2D eigenvalue weighted by Crippen LogP contribution is 2.08. The van der Waals surface area contributed by atoms with Crippen LogP contribution in [0.25, 0.3) is 0 Å². The van der Waals surface area contributed by atoms with Gasteiger partial charge in [-0.1, -0.05) is 60.7 Å². The van der Waals surface area contributed by atoms with Crippen LogP contribution in [-0.4, -0.2) is 65.5 Å². The Kier molecular flexibility index (Phi) is 11.8. The van der Waals surface area contributed by atoms with Crippen LogP contribution in [0.15, 0.2) is 60.7 Å². The number of hydrogen-bond acceptors (Lipinski definition) is 6. The minimum Gasteiger partial charge on any atom is -0.480 e. The molecular formula is C25H32N4O5S. The fourth-order valence-corrected chi connectivity index (χ4v) is 3.83. The van der Waals surface area contributed by atoms with Gasteiger partial charge in [0.05, 0.1) is 6.04 Å². The van der Waals surface area contributed by atoms with Gasteiger partial charge in [0.25, 0.3) is 0 Å². The third-order valence-corrected chi connectivity index (χ3v) is 5.85. The van der Waals surface area contributed by atoms with Crippen LogP contribution in [0.4, 0.5) is 0 Å². The lowest BCUT2D eigenvalue weighted by atomic mass is 10.0. The van der Waals surface area contributed by atoms with Crippen LogP contribution in [0.2, 0.25) is 0 Å². The molecule has 0 spiro atoms. The molecule has 0 saturated carbocycles. The van der Waals surface area contributed by atoms with Crippen molar-refractivity contribution in [1.29, 1.82) is 0 Å². The minimum absolute atomic E-state index is 0.197. The number of carbonyl (C=O) groups excluding carboxylic acids is 3. The molecule has 2 aromatic rings. The number of rotatable bonds is 14. The van der Waals surface area contributed by atoms with Crippen molar-refractivity contribution in [3.63, 3.8) is 0 Å². The van der Waals surface area contributed by atoms with Crippen LogP contribution < -0.4 is 21.7 Å². The average Bonchev–Trinajstić information content (AvgIpc) is 2.85. The molecule has 3 amide bonds. The topological polar surface area (TPSA) is 151 Å². The van der Waals surface area contributed by atoms with Gasteiger partial charge in [-0.25, -0.2) is 0 Å². The number of aliphatic carboxylic acids is 1. The predicted octanol–water partition coefficient (Wildman–Crippen LogP) is 0.723. The summed E-state index contributed by atoms with van der Waals surface area (Å²) >= 11 is 1.49. The summed E-state index contributed by atoms with van der Waals surface area (Å²) in [6, 6.07) is 15.7. The first-order chi connectivity index (χ1) is 16.8. The van der Waals surface area contributed by atoms with E-state index < -0.39 is 48.4 Å². The SMILES string of the molecule is CSCCC(NC(=O)C(Cc1ccccc1)NC(=O)C(N)Cc1ccccc1)C(=O)NCC(=O)O. The number of thioether (sulfide) groups is 1. The predicted molar refractivity (Wildman–Crippen MR) is 136 cm³/mol. The number of nitrogens with one attached hydrogen (secondary N) is 3. The average molecular weight is 501 g/mol. The van der Waals surface area contributed by atoms with E-state index in [0.717, 1.165) is 11.1 Å². The van der Waals surface area contributed by atoms with Crippen molar-refractivity contribution in [3.05, 3.63) is 71.8 Å². The second kappa shape index (κ2) is 14.8. The van der Waals surface area contributed by atoms with Crippen LogP contribution in [0.1, 0.15) is 17.5 Å². The summed E-state index contributed by atoms with van der Waals surface area (Å²) in [6.45, 7) is -0.553. The third-order valence-electron chi connectivity index (χ3n) is 5.21. The summed E-state index contributed by atoms with van der Waals surface area (Å²) in [5.41, 5.74) is 7.82. The molecule has 0 aromatic heterocycles. The molecule has 3 atom stereocenters. The Bertz CT molecular complexity index is 974. The number of amides is 3. The van der Waals surface area contributed by atoms with E-state index in [1.54, 1.807) is 0 Å². The Morgan fingerprint density at radius 2 is 1.37 bits per heavy atom. The molecule has 0 heterocycles. The number of carboxylic acid groups (broad SMARTS) is 1. The van der Waals surface area contributed by atoms with Crippen LogP contribution >= 0.6 is 11.8 Å². The molecule has 0 fully saturated rings. The molecule has 0 aliphatic heterocycles. The number of nitrogens with two attached hydrogens (primary N) is 1. The van der Waals surface area contributed by atoms with Crippen molar-refractivity contribution in [1.82, 2.24) is 16.0 Å². The van der Waals surface area contributed by atoms with E-state index in [1.165, 1.54) is 11.8 Å². The Morgan fingerprint density at radius 1 is 0.829 bits per heavy atom. The van der Waals surface area contributed by atoms with Gasteiger partial charge in [-0.05, 0) is 36.0 Å². The van der Waals surface area contributed by atoms with Crippen LogP contribution in [0.5, 0.6) is 0 Å². The monoisotopic (exact) mass is 500 g/mol. The second-order valence-corrected chi connectivity index (χ2v) is 8.99. The molecule has 0 radical (unpaired) electrons. The van der Waals surface area contributed by atoms with Crippen molar-refractivity contribution in [2.24, 2.45) is 5.73 Å². The Morgan fingerprint density at radius 3 is 1.91 bits per heavy atom. The smallest absolute Gasteiger partial charge is 0.322 e. The minimum atomic E-state index is -1.19. The maximum Gasteiger partial charge on any atom is 0.322 e. The summed E-state index contributed by atoms with van der Waals surface area (Å²) in [5.74, 6) is -2.25. The Hall–Kier alpha value is -3.37. The Balaban J connectivity index is 2.14. The molecule has 6 N–H and O–H groups in total. The van der Waals surface area contributed by atoms with E-state index in [-0.39, 0.29) is 6.42 Å². The fraction of sp³-hybridized carbons (Fsp3) is 0.360. The normalized spacial score (nSPS) is 13.2. The van der Waals surface area contributed by atoms with Gasteiger partial charge in [0, 0.05) is 6.42 Å². The van der Waals surface area contributed by atoms with E-state index in [9.17, 15) is 19.2 Å². The molecule has 0 aliphatic carbocycles. The molecule has 3 unspecified atom stereocenters. The molecular weight excluding hydrogens is 468 g/mol. The summed E-state index contributed by atoms with van der Waals surface area (Å²) in [4.78, 5) is 49.4. The van der Waals surface area contributed by atoms with Gasteiger partial charge in [-0.15, -0.1) is 0 Å². The molecule has 0 aliphatic rings. The summed E-state index contributed by atoms with van der Waals surface area (Å²) in [7, 11) is 0. The number of hydrogen-bond donors (Lipinski definition) is 5. The van der Waals surface area contributed by atoms with Gasteiger partial charge < -0.3 is 26.8 Å². The zero-order valence-electron chi connectivity index (χ0n) is 19.6. The molecule has 2 rings (SSSR count). The van der Waals surface area contributed by atoms with Gasteiger partial charge in [0.15, 0.2) is 0 Å². The van der Waals surface area contributed by atoms with E-state index >= 15 is 0 Å². The quantitative estimate of drug-likeness (QED) is 0.256. The summed E-state index contributed by atoms with van der Waals surface area (Å²) in [5, 5.41) is 16.6. The standard InChI is InChI=1S/C25H32N4O5S/c1-35-13-12-20(24(33)27-16-22(30)31)28-25(34)21(15-18-10-6-3-7-11-18)29-23(32)19(26)14-17-8-4-2-5-9-17/h2-11,19-21H,12-16,26H2,1H3,(H,27,33)(H,28,34)(H,29,32)(H,30,31). The largest absolute Gasteiger partial charge is 0.480 e. The molecule has 35 heavy (non-hydrogen) atoms. The lowest BCUT2D eigenvalue weighted by Gasteiger charge is -2.24. The van der Waals surface area contributed by atoms with Crippen LogP contribution in [-0.2, 0) is 32.0 Å². The first-order valence-corrected chi connectivity index (χ1v) is 12.6. The first kappa shape index (κ1) is 27.9. The lowest BCUT2D eigenvalue weighted by Crippen LogP contribution is -2.57. The number of benzene rings is 2. The van der Waals surface area contributed by atoms with Crippen LogP contribution in [0, 0.1) is 0 Å². The zero-order valence-corrected chi connectivity index (χ0v) is 20.4. The van der Waals surface area contributed by atoms with E-state index in [1.807, 2.05) is 66.9 Å². The van der Waals surface area contributed by atoms with E-state index in [0.29, 0.717) is 18.6 Å². The summed E-state index contributed by atoms with van der Waals surface area (Å²) < 4.78 is 0. The van der Waals surface area contributed by atoms with E-state index in [2.05, 4.69) is 16.0 Å². The lowest BCUT2D eigenvalue weighted by molar-refractivity contribution is -0.138. The number of carbonyl (C=O) groups is 4.